The lowest BCUT2D eigenvalue weighted by Gasteiger charge is -2.09. The summed E-state index contributed by atoms with van der Waals surface area (Å²) in [7, 11) is 9.78. The first-order valence-electron chi connectivity index (χ1n) is 11.7. The molecule has 0 atom stereocenters. The van der Waals surface area contributed by atoms with Crippen molar-refractivity contribution in [2.75, 3.05) is 28.4 Å². The van der Waals surface area contributed by atoms with Crippen molar-refractivity contribution in [3.8, 4) is 23.0 Å². The normalized spacial score (nSPS) is 11.2. The molecule has 0 amide bonds. The largest absolute Gasteiger partial charge is 0.493 e. The minimum Gasteiger partial charge on any atom is -0.493 e. The molecule has 0 aliphatic carbocycles. The van der Waals surface area contributed by atoms with Gasteiger partial charge in [-0.2, -0.15) is 0 Å². The average Bonchev–Trinajstić information content (AvgIpc) is 2.98. The smallest absolute Gasteiger partial charge is 0.161 e. The highest BCUT2D eigenvalue weighted by Gasteiger charge is 2.08. The highest BCUT2D eigenvalue weighted by Crippen LogP contribution is 2.45. The molecule has 4 rings (SSSR count). The molecular weight excluding hydrogens is 516 g/mol. The Kier molecular flexibility index (Phi) is 9.72. The topological polar surface area (TPSA) is 61.6 Å². The van der Waals surface area contributed by atoms with Gasteiger partial charge in [-0.1, -0.05) is 45.9 Å². The quantitative estimate of drug-likeness (QED) is 0.141. The summed E-state index contributed by atoms with van der Waals surface area (Å²) in [5.74, 6) is 2.70. The number of rotatable bonds is 11. The van der Waals surface area contributed by atoms with Gasteiger partial charge in [-0.25, -0.2) is 0 Å². The minimum absolute atomic E-state index is 0.667. The molecule has 38 heavy (non-hydrogen) atoms. The van der Waals surface area contributed by atoms with E-state index in [-0.39, 0.29) is 0 Å². The zero-order chi connectivity index (χ0) is 26.7. The molecule has 0 bridgehead atoms. The van der Waals surface area contributed by atoms with Gasteiger partial charge >= 0.3 is 0 Å². The van der Waals surface area contributed by atoms with Crippen LogP contribution in [0.15, 0.2) is 105 Å². The summed E-state index contributed by atoms with van der Waals surface area (Å²) in [5.41, 5.74) is 3.60. The summed E-state index contributed by atoms with van der Waals surface area (Å²) in [5, 5.41) is 0. The van der Waals surface area contributed by atoms with Crippen LogP contribution in [0.1, 0.15) is 11.1 Å². The lowest BCUT2D eigenvalue weighted by molar-refractivity contribution is 0.355. The van der Waals surface area contributed by atoms with Crippen molar-refractivity contribution < 1.29 is 18.9 Å². The lowest BCUT2D eigenvalue weighted by Crippen LogP contribution is -1.92. The van der Waals surface area contributed by atoms with Crippen LogP contribution < -0.4 is 18.9 Å². The molecule has 0 saturated heterocycles. The predicted molar refractivity (Wildman–Crippen MR) is 158 cm³/mol. The molecule has 0 aliphatic rings. The first-order chi connectivity index (χ1) is 18.6. The number of methoxy groups -OCH3 is 4. The van der Waals surface area contributed by atoms with E-state index < -0.39 is 0 Å². The molecule has 4 aromatic carbocycles. The maximum atomic E-state index is 5.40. The highest BCUT2D eigenvalue weighted by atomic mass is 33.1. The summed E-state index contributed by atoms with van der Waals surface area (Å²) >= 11 is 0. The second-order valence-electron chi connectivity index (χ2n) is 7.85. The average molecular weight is 545 g/mol. The Morgan fingerprint density at radius 2 is 0.895 bits per heavy atom. The van der Waals surface area contributed by atoms with E-state index in [0.717, 1.165) is 32.3 Å². The number of ether oxygens (including phenoxy) is 4. The minimum atomic E-state index is 0.667. The number of para-hydroxylation sites is 2. The summed E-state index contributed by atoms with van der Waals surface area (Å²) in [4.78, 5) is 11.6. The van der Waals surface area contributed by atoms with Gasteiger partial charge in [0.1, 0.15) is 0 Å². The zero-order valence-corrected chi connectivity index (χ0v) is 23.2. The third kappa shape index (κ3) is 6.90. The molecule has 0 unspecified atom stereocenters. The Bertz CT molecular complexity index is 1330. The Labute approximate surface area is 231 Å². The van der Waals surface area contributed by atoms with Gasteiger partial charge in [0.2, 0.25) is 0 Å². The summed E-state index contributed by atoms with van der Waals surface area (Å²) in [6, 6.07) is 27.6. The molecule has 6 nitrogen and oxygen atoms in total. The van der Waals surface area contributed by atoms with E-state index in [1.54, 1.807) is 50.0 Å². The maximum Gasteiger partial charge on any atom is 0.161 e. The fourth-order valence-electron chi connectivity index (χ4n) is 3.51. The van der Waals surface area contributed by atoms with Gasteiger partial charge in [0.15, 0.2) is 23.0 Å². The molecule has 194 valence electrons. The Balaban J connectivity index is 1.50. The van der Waals surface area contributed by atoms with Gasteiger partial charge < -0.3 is 18.9 Å². The van der Waals surface area contributed by atoms with Crippen LogP contribution in [0.5, 0.6) is 23.0 Å². The van der Waals surface area contributed by atoms with E-state index in [0.29, 0.717) is 23.0 Å². The van der Waals surface area contributed by atoms with Crippen molar-refractivity contribution in [3.63, 3.8) is 0 Å². The molecule has 0 radical (unpaired) electrons. The van der Waals surface area contributed by atoms with Crippen molar-refractivity contribution in [2.45, 2.75) is 9.79 Å². The van der Waals surface area contributed by atoms with Crippen LogP contribution in [-0.2, 0) is 0 Å². The fraction of sp³-hybridized carbons (Fsp3) is 0.133. The molecular formula is C30H28N2O4S2. The van der Waals surface area contributed by atoms with Crippen molar-refractivity contribution in [1.29, 1.82) is 0 Å². The van der Waals surface area contributed by atoms with Gasteiger partial charge in [0, 0.05) is 22.2 Å². The van der Waals surface area contributed by atoms with E-state index >= 15 is 0 Å². The van der Waals surface area contributed by atoms with Gasteiger partial charge in [-0.15, -0.1) is 0 Å². The number of hydrogen-bond donors (Lipinski definition) is 0. The zero-order valence-electron chi connectivity index (χ0n) is 21.6. The van der Waals surface area contributed by atoms with E-state index in [9.17, 15) is 0 Å². The molecule has 8 heteroatoms. The highest BCUT2D eigenvalue weighted by molar-refractivity contribution is 8.76. The third-order valence-electron chi connectivity index (χ3n) is 5.47. The second kappa shape index (κ2) is 13.6. The molecule has 0 aliphatic heterocycles. The molecule has 0 heterocycles. The van der Waals surface area contributed by atoms with E-state index in [1.807, 2.05) is 85.2 Å². The van der Waals surface area contributed by atoms with Crippen LogP contribution >= 0.6 is 21.6 Å². The van der Waals surface area contributed by atoms with Gasteiger partial charge in [-0.05, 0) is 71.8 Å². The van der Waals surface area contributed by atoms with E-state index in [4.69, 9.17) is 28.9 Å². The monoisotopic (exact) mass is 544 g/mol. The Hall–Kier alpha value is -3.88. The summed E-state index contributed by atoms with van der Waals surface area (Å²) < 4.78 is 21.5. The van der Waals surface area contributed by atoms with Crippen LogP contribution in [-0.4, -0.2) is 40.9 Å². The van der Waals surface area contributed by atoms with Crippen LogP contribution in [0.4, 0.5) is 11.4 Å². The molecule has 4 aromatic rings. The first-order valence-corrected chi connectivity index (χ1v) is 13.8. The van der Waals surface area contributed by atoms with Crippen molar-refractivity contribution in [3.05, 3.63) is 96.1 Å². The molecule has 0 aromatic heterocycles. The van der Waals surface area contributed by atoms with E-state index in [2.05, 4.69) is 12.1 Å². The summed E-state index contributed by atoms with van der Waals surface area (Å²) in [6.07, 6.45) is 3.65. The standard InChI is InChI=1S/C30H28N2O4S2/c1-33-25-15-13-21(17-27(25)35-3)19-31-23-9-5-7-11-29(23)37-38-30-12-8-6-10-24(30)32-20-22-14-16-26(34-2)28(18-22)36-4/h5-20H,1-4H3. The van der Waals surface area contributed by atoms with Crippen molar-refractivity contribution in [2.24, 2.45) is 9.98 Å². The van der Waals surface area contributed by atoms with E-state index in [1.165, 1.54) is 0 Å². The van der Waals surface area contributed by atoms with Crippen molar-refractivity contribution >= 4 is 45.4 Å². The molecule has 0 fully saturated rings. The van der Waals surface area contributed by atoms with Gasteiger partial charge in [-0.3, -0.25) is 9.98 Å². The SMILES string of the molecule is COc1ccc(C=Nc2ccccc2SSc2ccccc2N=Cc2ccc(OC)c(OC)c2)cc1OC. The lowest BCUT2D eigenvalue weighted by atomic mass is 10.2. The van der Waals surface area contributed by atoms with Crippen LogP contribution in [0.2, 0.25) is 0 Å². The number of benzene rings is 4. The van der Waals surface area contributed by atoms with Crippen molar-refractivity contribution in [1.82, 2.24) is 0 Å². The van der Waals surface area contributed by atoms with Gasteiger partial charge in [0.05, 0.1) is 39.8 Å². The Morgan fingerprint density at radius 3 is 1.29 bits per heavy atom. The number of aliphatic imine (C=N–C) groups is 2. The Morgan fingerprint density at radius 1 is 0.500 bits per heavy atom. The molecule has 0 N–H and O–H groups in total. The second-order valence-corrected chi connectivity index (χ2v) is 10.1. The fourth-order valence-corrected chi connectivity index (χ4v) is 5.76. The van der Waals surface area contributed by atoms with Crippen LogP contribution in [0.25, 0.3) is 0 Å². The summed E-state index contributed by atoms with van der Waals surface area (Å²) in [6.45, 7) is 0. The van der Waals surface area contributed by atoms with Gasteiger partial charge in [0.25, 0.3) is 0 Å². The van der Waals surface area contributed by atoms with Crippen LogP contribution in [0, 0.1) is 0 Å². The number of hydrogen-bond acceptors (Lipinski definition) is 8. The molecule has 0 spiro atoms. The first kappa shape index (κ1) is 27.2. The predicted octanol–water partition coefficient (Wildman–Crippen LogP) is 8.02. The third-order valence-corrected chi connectivity index (χ3v) is 7.93. The van der Waals surface area contributed by atoms with Crippen LogP contribution in [0.3, 0.4) is 0 Å². The maximum absolute atomic E-state index is 5.40. The number of nitrogens with zero attached hydrogens (tertiary/aromatic N) is 2. The molecule has 0 saturated carbocycles.